The highest BCUT2D eigenvalue weighted by atomic mass is 19.3. The summed E-state index contributed by atoms with van der Waals surface area (Å²) in [5.74, 6) is -1.29. The Balaban J connectivity index is 3.03. The lowest BCUT2D eigenvalue weighted by Crippen LogP contribution is -2.14. The molecule has 0 aliphatic rings. The summed E-state index contributed by atoms with van der Waals surface area (Å²) >= 11 is 0. The molecule has 0 aliphatic carbocycles. The first-order valence-corrected chi connectivity index (χ1v) is 5.46. The maximum absolute atomic E-state index is 12.8. The van der Waals surface area contributed by atoms with Crippen molar-refractivity contribution in [1.82, 2.24) is 15.0 Å². The van der Waals surface area contributed by atoms with E-state index in [9.17, 15) is 13.6 Å². The van der Waals surface area contributed by atoms with Gasteiger partial charge in [-0.15, -0.1) is 5.10 Å². The molecule has 0 saturated carbocycles. The van der Waals surface area contributed by atoms with E-state index in [1.807, 2.05) is 13.8 Å². The van der Waals surface area contributed by atoms with E-state index < -0.39 is 23.8 Å². The summed E-state index contributed by atoms with van der Waals surface area (Å²) in [7, 11) is 0. The van der Waals surface area contributed by atoms with Crippen molar-refractivity contribution in [3.63, 3.8) is 0 Å². The van der Waals surface area contributed by atoms with Crippen LogP contribution in [-0.4, -0.2) is 26.1 Å². The minimum Gasteiger partial charge on any atom is -0.476 e. The normalized spacial score (nSPS) is 11.4. The van der Waals surface area contributed by atoms with Crippen LogP contribution in [0.25, 0.3) is 0 Å². The molecular weight excluding hydrogens is 232 g/mol. The molecule has 0 amide bonds. The predicted octanol–water partition coefficient (Wildman–Crippen LogP) is 2.35. The fourth-order valence-corrected chi connectivity index (χ4v) is 1.61. The highest BCUT2D eigenvalue weighted by Gasteiger charge is 2.26. The largest absolute Gasteiger partial charge is 0.476 e. The van der Waals surface area contributed by atoms with Crippen molar-refractivity contribution in [2.45, 2.75) is 39.7 Å². The lowest BCUT2D eigenvalue weighted by Gasteiger charge is -2.13. The Morgan fingerprint density at radius 3 is 2.41 bits per heavy atom. The quantitative estimate of drug-likeness (QED) is 0.837. The number of aromatic nitrogens is 3. The van der Waals surface area contributed by atoms with Crippen LogP contribution in [0.4, 0.5) is 8.78 Å². The first kappa shape index (κ1) is 13.5. The van der Waals surface area contributed by atoms with Crippen LogP contribution in [0.5, 0.6) is 0 Å². The van der Waals surface area contributed by atoms with Crippen LogP contribution in [0.2, 0.25) is 0 Å². The zero-order valence-corrected chi connectivity index (χ0v) is 9.73. The minimum absolute atomic E-state index is 0.191. The van der Waals surface area contributed by atoms with Gasteiger partial charge >= 0.3 is 5.97 Å². The number of hydrogen-bond donors (Lipinski definition) is 1. The Bertz CT molecular complexity index is 389. The van der Waals surface area contributed by atoms with E-state index in [2.05, 4.69) is 10.3 Å². The fourth-order valence-electron chi connectivity index (χ4n) is 1.61. The molecule has 1 aromatic rings. The molecule has 0 atom stereocenters. The molecule has 1 N–H and O–H groups in total. The second kappa shape index (κ2) is 5.70. The number of carboxylic acids is 1. The van der Waals surface area contributed by atoms with Crippen LogP contribution < -0.4 is 0 Å². The fraction of sp³-hybridized carbons (Fsp3) is 0.700. The zero-order valence-electron chi connectivity index (χ0n) is 9.73. The molecule has 96 valence electrons. The molecule has 1 heterocycles. The number of carbonyl (C=O) groups is 1. The number of aromatic carboxylic acids is 1. The Morgan fingerprint density at radius 2 is 2.00 bits per heavy atom. The smallest absolute Gasteiger partial charge is 0.358 e. The van der Waals surface area contributed by atoms with E-state index in [1.165, 1.54) is 0 Å². The third-order valence-corrected chi connectivity index (χ3v) is 2.77. The van der Waals surface area contributed by atoms with Crippen molar-refractivity contribution in [1.29, 1.82) is 0 Å². The SMILES string of the molecule is CCC(CC)Cn1nnc(C(=O)O)c1C(F)F. The highest BCUT2D eigenvalue weighted by Crippen LogP contribution is 2.23. The molecular formula is C10H15F2N3O2. The van der Waals surface area contributed by atoms with Crippen molar-refractivity contribution in [2.75, 3.05) is 0 Å². The molecule has 0 aromatic carbocycles. The predicted molar refractivity (Wildman–Crippen MR) is 56.0 cm³/mol. The molecule has 7 heteroatoms. The molecule has 0 fully saturated rings. The summed E-state index contributed by atoms with van der Waals surface area (Å²) in [5, 5.41) is 15.5. The Kier molecular flexibility index (Phi) is 4.53. The minimum atomic E-state index is -2.88. The van der Waals surface area contributed by atoms with Gasteiger partial charge in [-0.1, -0.05) is 31.9 Å². The molecule has 0 bridgehead atoms. The van der Waals surface area contributed by atoms with Gasteiger partial charge in [-0.2, -0.15) is 0 Å². The van der Waals surface area contributed by atoms with Gasteiger partial charge < -0.3 is 5.11 Å². The van der Waals surface area contributed by atoms with Gasteiger partial charge in [0.2, 0.25) is 0 Å². The monoisotopic (exact) mass is 247 g/mol. The first-order chi connectivity index (χ1) is 8.01. The lowest BCUT2D eigenvalue weighted by molar-refractivity contribution is 0.0675. The topological polar surface area (TPSA) is 68.0 Å². The summed E-state index contributed by atoms with van der Waals surface area (Å²) in [5.41, 5.74) is -1.27. The summed E-state index contributed by atoms with van der Waals surface area (Å²) < 4.78 is 26.6. The number of carboxylic acid groups (broad SMARTS) is 1. The van der Waals surface area contributed by atoms with E-state index >= 15 is 0 Å². The number of alkyl halides is 2. The van der Waals surface area contributed by atoms with Crippen LogP contribution in [0.1, 0.15) is 49.3 Å². The molecule has 0 aliphatic heterocycles. The average Bonchev–Trinajstić information content (AvgIpc) is 2.69. The van der Waals surface area contributed by atoms with Crippen LogP contribution >= 0.6 is 0 Å². The second-order valence-corrected chi connectivity index (χ2v) is 3.79. The third-order valence-electron chi connectivity index (χ3n) is 2.77. The standard InChI is InChI=1S/C10H15F2N3O2/c1-3-6(4-2)5-15-8(9(11)12)7(10(16)17)13-14-15/h6,9H,3-5H2,1-2H3,(H,16,17). The van der Waals surface area contributed by atoms with Gasteiger partial charge in [-0.25, -0.2) is 18.3 Å². The number of hydrogen-bond acceptors (Lipinski definition) is 3. The second-order valence-electron chi connectivity index (χ2n) is 3.79. The van der Waals surface area contributed by atoms with E-state index in [0.29, 0.717) is 0 Å². The molecule has 0 spiro atoms. The maximum atomic E-state index is 12.8. The van der Waals surface area contributed by atoms with Crippen molar-refractivity contribution >= 4 is 5.97 Å². The Labute approximate surface area is 97.4 Å². The molecule has 1 aromatic heterocycles. The average molecular weight is 247 g/mol. The maximum Gasteiger partial charge on any atom is 0.358 e. The van der Waals surface area contributed by atoms with Crippen LogP contribution in [0, 0.1) is 5.92 Å². The van der Waals surface area contributed by atoms with Crippen molar-refractivity contribution in [3.8, 4) is 0 Å². The van der Waals surface area contributed by atoms with Crippen molar-refractivity contribution in [2.24, 2.45) is 5.92 Å². The highest BCUT2D eigenvalue weighted by molar-refractivity contribution is 5.86. The van der Waals surface area contributed by atoms with Crippen LogP contribution in [0.15, 0.2) is 0 Å². The van der Waals surface area contributed by atoms with Gasteiger partial charge in [0.1, 0.15) is 5.69 Å². The van der Waals surface area contributed by atoms with Gasteiger partial charge in [0.05, 0.1) is 0 Å². The van der Waals surface area contributed by atoms with Crippen LogP contribution in [-0.2, 0) is 6.54 Å². The molecule has 1 rings (SSSR count). The van der Waals surface area contributed by atoms with Crippen molar-refractivity contribution < 1.29 is 18.7 Å². The number of rotatable bonds is 6. The summed E-state index contributed by atoms with van der Waals surface area (Å²) in [4.78, 5) is 10.7. The number of nitrogens with zero attached hydrogens (tertiary/aromatic N) is 3. The van der Waals surface area contributed by atoms with E-state index in [4.69, 9.17) is 5.11 Å². The van der Waals surface area contributed by atoms with Gasteiger partial charge in [0.25, 0.3) is 6.43 Å². The Hall–Kier alpha value is -1.53. The molecule has 0 radical (unpaired) electrons. The third kappa shape index (κ3) is 2.98. The van der Waals surface area contributed by atoms with E-state index in [0.717, 1.165) is 17.5 Å². The molecule has 0 saturated heterocycles. The zero-order chi connectivity index (χ0) is 13.0. The Morgan fingerprint density at radius 1 is 1.41 bits per heavy atom. The summed E-state index contributed by atoms with van der Waals surface area (Å²) in [6.45, 7) is 4.17. The van der Waals surface area contributed by atoms with E-state index in [-0.39, 0.29) is 12.5 Å². The van der Waals surface area contributed by atoms with Gasteiger partial charge in [0.15, 0.2) is 5.69 Å². The van der Waals surface area contributed by atoms with Gasteiger partial charge in [-0.3, -0.25) is 0 Å². The van der Waals surface area contributed by atoms with E-state index in [1.54, 1.807) is 0 Å². The van der Waals surface area contributed by atoms with Crippen LogP contribution in [0.3, 0.4) is 0 Å². The number of halogens is 2. The molecule has 5 nitrogen and oxygen atoms in total. The lowest BCUT2D eigenvalue weighted by atomic mass is 10.0. The van der Waals surface area contributed by atoms with Gasteiger partial charge in [-0.05, 0) is 5.92 Å². The summed E-state index contributed by atoms with van der Waals surface area (Å²) in [6, 6.07) is 0. The molecule has 17 heavy (non-hydrogen) atoms. The van der Waals surface area contributed by atoms with Gasteiger partial charge in [0, 0.05) is 6.54 Å². The molecule has 0 unspecified atom stereocenters. The van der Waals surface area contributed by atoms with Crippen molar-refractivity contribution in [3.05, 3.63) is 11.4 Å². The first-order valence-electron chi connectivity index (χ1n) is 5.46. The summed E-state index contributed by atoms with van der Waals surface area (Å²) in [6.07, 6.45) is -1.24.